The maximum atomic E-state index is 11.3. The molecule has 0 amide bonds. The third kappa shape index (κ3) is 3.52. The van der Waals surface area contributed by atoms with Crippen LogP contribution in [-0.4, -0.2) is 34.7 Å². The third-order valence-electron chi connectivity index (χ3n) is 5.85. The minimum absolute atomic E-state index is 0.535. The van der Waals surface area contributed by atoms with Crippen LogP contribution in [0.15, 0.2) is 42.5 Å². The molecule has 1 atom stereocenters. The van der Waals surface area contributed by atoms with Gasteiger partial charge in [0.2, 0.25) is 0 Å². The molecule has 1 aliphatic heterocycles. The van der Waals surface area contributed by atoms with E-state index < -0.39 is 5.60 Å². The Hall–Kier alpha value is -1.81. The van der Waals surface area contributed by atoms with Gasteiger partial charge in [-0.3, -0.25) is 0 Å². The quantitative estimate of drug-likeness (QED) is 0.720. The molecule has 0 saturated carbocycles. The largest absolute Gasteiger partial charge is 0.384 e. The van der Waals surface area contributed by atoms with E-state index in [2.05, 4.69) is 41.6 Å². The Morgan fingerprint density at radius 2 is 1.78 bits per heavy atom. The molecule has 4 rings (SSSR count). The fourth-order valence-electron chi connectivity index (χ4n) is 4.26. The Morgan fingerprint density at radius 1 is 1.07 bits per heavy atom. The van der Waals surface area contributed by atoms with Gasteiger partial charge in [0.1, 0.15) is 5.60 Å². The van der Waals surface area contributed by atoms with Crippen LogP contribution in [0, 0.1) is 6.92 Å². The number of halogens is 1. The van der Waals surface area contributed by atoms with Gasteiger partial charge in [0, 0.05) is 41.1 Å². The van der Waals surface area contributed by atoms with Crippen molar-refractivity contribution in [3.8, 4) is 0 Å². The lowest BCUT2D eigenvalue weighted by atomic mass is 9.95. The summed E-state index contributed by atoms with van der Waals surface area (Å²) < 4.78 is 2.35. The first-order chi connectivity index (χ1) is 12.8. The molecule has 1 aromatic heterocycles. The molecule has 1 aliphatic rings. The van der Waals surface area contributed by atoms with Gasteiger partial charge in [0.15, 0.2) is 0 Å². The lowest BCUT2D eigenvalue weighted by molar-refractivity contribution is 0.0388. The zero-order valence-electron chi connectivity index (χ0n) is 16.3. The monoisotopic (exact) mass is 382 g/mol. The van der Waals surface area contributed by atoms with E-state index >= 15 is 0 Å². The predicted octanol–water partition coefficient (Wildman–Crippen LogP) is 4.54. The van der Waals surface area contributed by atoms with Crippen molar-refractivity contribution in [3.05, 3.63) is 69.9 Å². The molecule has 1 unspecified atom stereocenters. The minimum atomic E-state index is -0.965. The van der Waals surface area contributed by atoms with Crippen LogP contribution in [0.2, 0.25) is 5.02 Å². The topological polar surface area (TPSA) is 28.4 Å². The van der Waals surface area contributed by atoms with Gasteiger partial charge in [0.05, 0.1) is 6.54 Å². The first-order valence-corrected chi connectivity index (χ1v) is 10.0. The maximum Gasteiger partial charge on any atom is 0.105 e. The number of benzene rings is 2. The van der Waals surface area contributed by atoms with Crippen LogP contribution in [0.3, 0.4) is 0 Å². The molecule has 142 valence electrons. The number of likely N-dealkylation sites (N-methyl/N-ethyl adjacent to an activating group) is 1. The molecule has 0 bridgehead atoms. The fourth-order valence-corrected chi connectivity index (χ4v) is 4.38. The zero-order chi connectivity index (χ0) is 19.2. The molecule has 1 N–H and O–H groups in total. The first kappa shape index (κ1) is 18.5. The molecular weight excluding hydrogens is 356 g/mol. The van der Waals surface area contributed by atoms with Gasteiger partial charge >= 0.3 is 0 Å². The SMILES string of the molecule is Cc1ccc2c(c1)c1c(n2CC(C)(O)c2ccc(Cl)cc2)CCN(C)CC1. The molecule has 27 heavy (non-hydrogen) atoms. The Bertz CT molecular complexity index is 972. The number of nitrogens with zero attached hydrogens (tertiary/aromatic N) is 2. The van der Waals surface area contributed by atoms with Crippen LogP contribution in [-0.2, 0) is 25.0 Å². The number of aromatic nitrogens is 1. The van der Waals surface area contributed by atoms with Gasteiger partial charge in [0.25, 0.3) is 0 Å². The Balaban J connectivity index is 1.82. The van der Waals surface area contributed by atoms with Crippen LogP contribution in [0.5, 0.6) is 0 Å². The fraction of sp³-hybridized carbons (Fsp3) is 0.391. The molecule has 4 heteroatoms. The standard InChI is InChI=1S/C23H27ClN2O/c1-16-4-9-21-20(14-16)19-10-12-25(3)13-11-22(19)26(21)15-23(2,27)17-5-7-18(24)8-6-17/h4-9,14,27H,10-13,15H2,1-3H3. The number of aliphatic hydroxyl groups is 1. The van der Waals surface area contributed by atoms with Crippen molar-refractivity contribution in [3.63, 3.8) is 0 Å². The van der Waals surface area contributed by atoms with Crippen LogP contribution < -0.4 is 0 Å². The van der Waals surface area contributed by atoms with Crippen LogP contribution in [0.4, 0.5) is 0 Å². The lowest BCUT2D eigenvalue weighted by Gasteiger charge is -2.27. The summed E-state index contributed by atoms with van der Waals surface area (Å²) in [5, 5.41) is 13.3. The summed E-state index contributed by atoms with van der Waals surface area (Å²) in [4.78, 5) is 2.39. The van der Waals surface area contributed by atoms with Gasteiger partial charge in [-0.15, -0.1) is 0 Å². The second-order valence-corrected chi connectivity index (χ2v) is 8.55. The van der Waals surface area contributed by atoms with Gasteiger partial charge in [-0.2, -0.15) is 0 Å². The zero-order valence-corrected chi connectivity index (χ0v) is 17.1. The van der Waals surface area contributed by atoms with E-state index in [1.165, 1.54) is 27.7 Å². The van der Waals surface area contributed by atoms with Crippen LogP contribution >= 0.6 is 11.6 Å². The lowest BCUT2D eigenvalue weighted by Crippen LogP contribution is -2.29. The van der Waals surface area contributed by atoms with Crippen molar-refractivity contribution in [2.75, 3.05) is 20.1 Å². The molecule has 3 aromatic rings. The highest BCUT2D eigenvalue weighted by atomic mass is 35.5. The number of hydrogen-bond donors (Lipinski definition) is 1. The van der Waals surface area contributed by atoms with Crippen LogP contribution in [0.25, 0.3) is 10.9 Å². The van der Waals surface area contributed by atoms with Gasteiger partial charge < -0.3 is 14.6 Å². The Kier molecular flexibility index (Phi) is 4.79. The molecule has 0 fully saturated rings. The summed E-state index contributed by atoms with van der Waals surface area (Å²) in [6.07, 6.45) is 2.07. The highest BCUT2D eigenvalue weighted by molar-refractivity contribution is 6.30. The molecule has 2 aromatic carbocycles. The van der Waals surface area contributed by atoms with E-state index in [9.17, 15) is 5.11 Å². The molecule has 2 heterocycles. The predicted molar refractivity (Wildman–Crippen MR) is 113 cm³/mol. The normalized spacial score (nSPS) is 17.5. The van der Waals surface area contributed by atoms with E-state index in [1.54, 1.807) is 0 Å². The van der Waals surface area contributed by atoms with E-state index in [0.29, 0.717) is 11.6 Å². The Labute approximate surface area is 166 Å². The van der Waals surface area contributed by atoms with Crippen molar-refractivity contribution >= 4 is 22.5 Å². The summed E-state index contributed by atoms with van der Waals surface area (Å²) in [5.41, 5.74) is 5.25. The van der Waals surface area contributed by atoms with E-state index in [4.69, 9.17) is 11.6 Å². The second kappa shape index (κ2) is 6.97. The summed E-state index contributed by atoms with van der Waals surface area (Å²) in [7, 11) is 2.19. The van der Waals surface area contributed by atoms with E-state index in [0.717, 1.165) is 31.5 Å². The summed E-state index contributed by atoms with van der Waals surface area (Å²) in [5.74, 6) is 0. The van der Waals surface area contributed by atoms with Gasteiger partial charge in [-0.1, -0.05) is 35.4 Å². The van der Waals surface area contributed by atoms with Gasteiger partial charge in [-0.05, 0) is 62.7 Å². The van der Waals surface area contributed by atoms with Gasteiger partial charge in [-0.25, -0.2) is 0 Å². The summed E-state index contributed by atoms with van der Waals surface area (Å²) in [6, 6.07) is 14.2. The Morgan fingerprint density at radius 3 is 2.52 bits per heavy atom. The molecule has 0 radical (unpaired) electrons. The number of aryl methyl sites for hydroxylation is 1. The minimum Gasteiger partial charge on any atom is -0.384 e. The average Bonchev–Trinajstić information content (AvgIpc) is 2.76. The van der Waals surface area contributed by atoms with E-state index in [1.807, 2.05) is 31.2 Å². The van der Waals surface area contributed by atoms with Crippen LogP contribution in [0.1, 0.15) is 29.3 Å². The molecule has 0 spiro atoms. The molecule has 0 aliphatic carbocycles. The number of rotatable bonds is 3. The van der Waals surface area contributed by atoms with Crippen molar-refractivity contribution in [2.24, 2.45) is 0 Å². The third-order valence-corrected chi connectivity index (χ3v) is 6.10. The van der Waals surface area contributed by atoms with Crippen molar-refractivity contribution in [1.29, 1.82) is 0 Å². The second-order valence-electron chi connectivity index (χ2n) is 8.12. The highest BCUT2D eigenvalue weighted by Gasteiger charge is 2.28. The highest BCUT2D eigenvalue weighted by Crippen LogP contribution is 2.33. The van der Waals surface area contributed by atoms with E-state index in [-0.39, 0.29) is 0 Å². The summed E-state index contributed by atoms with van der Waals surface area (Å²) >= 11 is 6.03. The average molecular weight is 383 g/mol. The number of hydrogen-bond acceptors (Lipinski definition) is 2. The molecule has 0 saturated heterocycles. The molecule has 3 nitrogen and oxygen atoms in total. The molecular formula is C23H27ClN2O. The van der Waals surface area contributed by atoms with Crippen molar-refractivity contribution < 1.29 is 5.11 Å². The summed E-state index contributed by atoms with van der Waals surface area (Å²) in [6.45, 7) is 6.70. The maximum absolute atomic E-state index is 11.3. The van der Waals surface area contributed by atoms with Crippen molar-refractivity contribution in [2.45, 2.75) is 38.8 Å². The van der Waals surface area contributed by atoms with Crippen molar-refractivity contribution in [1.82, 2.24) is 9.47 Å². The smallest absolute Gasteiger partial charge is 0.105 e. The number of fused-ring (bicyclic) bond motifs is 3. The first-order valence-electron chi connectivity index (χ1n) is 9.63.